The third kappa shape index (κ3) is 2.42. The van der Waals surface area contributed by atoms with E-state index < -0.39 is 0 Å². The maximum absolute atomic E-state index is 3.94. The summed E-state index contributed by atoms with van der Waals surface area (Å²) in [5, 5.41) is 0. The number of nitrogens with zero attached hydrogens (tertiary/aromatic N) is 3. The van der Waals surface area contributed by atoms with Gasteiger partial charge in [-0.25, -0.2) is 0 Å². The SMILES string of the molecule is [CH2]CCC(N(C)C)(N(C)C)N(C)C. The summed E-state index contributed by atoms with van der Waals surface area (Å²) in [6, 6.07) is 0. The maximum atomic E-state index is 3.94. The molecule has 79 valence electrons. The third-order valence-corrected chi connectivity index (χ3v) is 2.66. The first-order valence-corrected chi connectivity index (χ1v) is 4.71. The van der Waals surface area contributed by atoms with Crippen LogP contribution in [0.2, 0.25) is 0 Å². The van der Waals surface area contributed by atoms with E-state index >= 15 is 0 Å². The maximum Gasteiger partial charge on any atom is 0.129 e. The van der Waals surface area contributed by atoms with E-state index in [1.54, 1.807) is 0 Å². The van der Waals surface area contributed by atoms with Crippen LogP contribution in [0.25, 0.3) is 0 Å². The molecule has 0 aliphatic carbocycles. The lowest BCUT2D eigenvalue weighted by molar-refractivity contribution is -0.113. The van der Waals surface area contributed by atoms with Gasteiger partial charge in [-0.15, -0.1) is 0 Å². The topological polar surface area (TPSA) is 9.72 Å². The second kappa shape index (κ2) is 4.94. The summed E-state index contributed by atoms with van der Waals surface area (Å²) >= 11 is 0. The van der Waals surface area contributed by atoms with Gasteiger partial charge < -0.3 is 0 Å². The van der Waals surface area contributed by atoms with E-state index in [1.165, 1.54) is 0 Å². The van der Waals surface area contributed by atoms with Crippen molar-refractivity contribution in [2.24, 2.45) is 0 Å². The van der Waals surface area contributed by atoms with E-state index in [4.69, 9.17) is 0 Å². The minimum atomic E-state index is -0.0122. The van der Waals surface area contributed by atoms with Crippen LogP contribution in [-0.4, -0.2) is 62.8 Å². The molecule has 0 N–H and O–H groups in total. The van der Waals surface area contributed by atoms with Crippen molar-refractivity contribution in [3.63, 3.8) is 0 Å². The first-order chi connectivity index (χ1) is 5.89. The molecule has 0 spiro atoms. The molecule has 3 heteroatoms. The first-order valence-electron chi connectivity index (χ1n) is 4.71. The van der Waals surface area contributed by atoms with Gasteiger partial charge in [0.25, 0.3) is 0 Å². The van der Waals surface area contributed by atoms with Crippen molar-refractivity contribution in [3.05, 3.63) is 6.92 Å². The monoisotopic (exact) mass is 186 g/mol. The first kappa shape index (κ1) is 12.9. The summed E-state index contributed by atoms with van der Waals surface area (Å²) in [6.07, 6.45) is 1.98. The van der Waals surface area contributed by atoms with Crippen molar-refractivity contribution in [2.45, 2.75) is 18.6 Å². The molecule has 0 unspecified atom stereocenters. The summed E-state index contributed by atoms with van der Waals surface area (Å²) in [4.78, 5) is 6.70. The highest BCUT2D eigenvalue weighted by molar-refractivity contribution is 4.82. The molecule has 1 radical (unpaired) electrons. The number of rotatable bonds is 5. The minimum absolute atomic E-state index is 0.0122. The lowest BCUT2D eigenvalue weighted by atomic mass is 10.1. The van der Waals surface area contributed by atoms with E-state index in [2.05, 4.69) is 63.9 Å². The van der Waals surface area contributed by atoms with Crippen molar-refractivity contribution in [2.75, 3.05) is 42.3 Å². The van der Waals surface area contributed by atoms with Gasteiger partial charge in [0, 0.05) is 0 Å². The van der Waals surface area contributed by atoms with E-state index in [1.807, 2.05) is 0 Å². The molecule has 0 aliphatic rings. The van der Waals surface area contributed by atoms with Crippen molar-refractivity contribution < 1.29 is 0 Å². The Morgan fingerprint density at radius 2 is 1.15 bits per heavy atom. The summed E-state index contributed by atoms with van der Waals surface area (Å²) in [7, 11) is 12.6. The molecule has 0 saturated heterocycles. The van der Waals surface area contributed by atoms with Gasteiger partial charge in [0.1, 0.15) is 5.79 Å². The second-order valence-electron chi connectivity index (χ2n) is 4.06. The van der Waals surface area contributed by atoms with E-state index in [0.29, 0.717) is 0 Å². The highest BCUT2D eigenvalue weighted by Gasteiger charge is 2.36. The standard InChI is InChI=1S/C10H24N3/c1-8-9-10(11(2)3,12(4)5)13(6)7/h1,8-9H2,2-7H3. The predicted octanol–water partition coefficient (Wildman–Crippen LogP) is 0.939. The molecule has 0 amide bonds. The average molecular weight is 186 g/mol. The highest BCUT2D eigenvalue weighted by atomic mass is 15.5. The van der Waals surface area contributed by atoms with E-state index in [9.17, 15) is 0 Å². The Hall–Kier alpha value is -0.120. The summed E-state index contributed by atoms with van der Waals surface area (Å²) < 4.78 is 0. The van der Waals surface area contributed by atoms with Crippen molar-refractivity contribution >= 4 is 0 Å². The zero-order valence-corrected chi connectivity index (χ0v) is 9.96. The van der Waals surface area contributed by atoms with Crippen LogP contribution in [0.15, 0.2) is 0 Å². The molecule has 0 aromatic rings. The molecule has 13 heavy (non-hydrogen) atoms. The van der Waals surface area contributed by atoms with Gasteiger partial charge in [0.05, 0.1) is 0 Å². The predicted molar refractivity (Wildman–Crippen MR) is 58.4 cm³/mol. The highest BCUT2D eigenvalue weighted by Crippen LogP contribution is 2.23. The van der Waals surface area contributed by atoms with Crippen molar-refractivity contribution in [3.8, 4) is 0 Å². The molecule has 0 aromatic carbocycles. The van der Waals surface area contributed by atoms with E-state index in [-0.39, 0.29) is 5.79 Å². The lowest BCUT2D eigenvalue weighted by Crippen LogP contribution is -2.63. The van der Waals surface area contributed by atoms with Crippen LogP contribution >= 0.6 is 0 Å². The summed E-state index contributed by atoms with van der Waals surface area (Å²) in [5.74, 6) is -0.0122. The number of hydrogen-bond donors (Lipinski definition) is 0. The molecule has 0 aromatic heterocycles. The smallest absolute Gasteiger partial charge is 0.129 e. The summed E-state index contributed by atoms with van der Waals surface area (Å²) in [5.41, 5.74) is 0. The molecule has 0 fully saturated rings. The van der Waals surface area contributed by atoms with Gasteiger partial charge >= 0.3 is 0 Å². The van der Waals surface area contributed by atoms with Crippen molar-refractivity contribution in [1.29, 1.82) is 0 Å². The lowest BCUT2D eigenvalue weighted by Gasteiger charge is -2.49. The van der Waals surface area contributed by atoms with E-state index in [0.717, 1.165) is 12.8 Å². The largest absolute Gasteiger partial charge is 0.279 e. The van der Waals surface area contributed by atoms with Gasteiger partial charge in [0.15, 0.2) is 0 Å². The average Bonchev–Trinajstić information content (AvgIpc) is 1.97. The normalized spacial score (nSPS) is 13.4. The van der Waals surface area contributed by atoms with Crippen LogP contribution in [-0.2, 0) is 0 Å². The fourth-order valence-electron chi connectivity index (χ4n) is 2.11. The van der Waals surface area contributed by atoms with Gasteiger partial charge in [0.2, 0.25) is 0 Å². The molecular formula is C10H24N3. The van der Waals surface area contributed by atoms with Gasteiger partial charge in [-0.2, -0.15) is 0 Å². The van der Waals surface area contributed by atoms with Gasteiger partial charge in [-0.05, 0) is 55.1 Å². The van der Waals surface area contributed by atoms with Crippen LogP contribution in [0.5, 0.6) is 0 Å². The second-order valence-corrected chi connectivity index (χ2v) is 4.06. The number of hydrogen-bond acceptors (Lipinski definition) is 3. The molecule has 3 nitrogen and oxygen atoms in total. The zero-order chi connectivity index (χ0) is 10.6. The fraction of sp³-hybridized carbons (Fsp3) is 0.900. The molecule has 0 atom stereocenters. The van der Waals surface area contributed by atoms with Gasteiger partial charge in [-0.3, -0.25) is 14.7 Å². The Morgan fingerprint density at radius 1 is 0.846 bits per heavy atom. The Labute approximate surface area is 83.3 Å². The third-order valence-electron chi connectivity index (χ3n) is 2.66. The van der Waals surface area contributed by atoms with Crippen LogP contribution < -0.4 is 0 Å². The Morgan fingerprint density at radius 3 is 1.23 bits per heavy atom. The Balaban J connectivity index is 4.82. The molecule has 0 bridgehead atoms. The van der Waals surface area contributed by atoms with Gasteiger partial charge in [-0.1, -0.05) is 6.92 Å². The Kier molecular flexibility index (Phi) is 4.89. The molecule has 0 heterocycles. The van der Waals surface area contributed by atoms with Crippen molar-refractivity contribution in [1.82, 2.24) is 14.7 Å². The zero-order valence-electron chi connectivity index (χ0n) is 9.96. The van der Waals surface area contributed by atoms with Crippen LogP contribution in [0.1, 0.15) is 12.8 Å². The molecule has 0 aliphatic heterocycles. The van der Waals surface area contributed by atoms with Crippen LogP contribution in [0.4, 0.5) is 0 Å². The molecular weight excluding hydrogens is 162 g/mol. The molecule has 0 rings (SSSR count). The molecule has 0 saturated carbocycles. The van der Waals surface area contributed by atoms with Crippen LogP contribution in [0.3, 0.4) is 0 Å². The minimum Gasteiger partial charge on any atom is -0.279 e. The quantitative estimate of drug-likeness (QED) is 0.592. The van der Waals surface area contributed by atoms with Crippen LogP contribution in [0, 0.1) is 6.92 Å². The summed E-state index contributed by atoms with van der Waals surface area (Å²) in [6.45, 7) is 3.94. The Bertz CT molecular complexity index is 119. The fourth-order valence-corrected chi connectivity index (χ4v) is 2.11.